The summed E-state index contributed by atoms with van der Waals surface area (Å²) in [5.74, 6) is -1.05. The van der Waals surface area contributed by atoms with Gasteiger partial charge in [-0.3, -0.25) is 0 Å². The van der Waals surface area contributed by atoms with Crippen LogP contribution in [0.5, 0.6) is 0 Å². The molecule has 0 radical (unpaired) electrons. The van der Waals surface area contributed by atoms with Crippen molar-refractivity contribution in [2.75, 3.05) is 0 Å². The molecule has 0 aromatic heterocycles. The molecule has 0 aliphatic heterocycles. The van der Waals surface area contributed by atoms with Crippen LogP contribution in [0.2, 0.25) is 0 Å². The van der Waals surface area contributed by atoms with E-state index in [9.17, 15) is 9.59 Å². The molecule has 1 saturated carbocycles. The molecule has 1 aliphatic carbocycles. The van der Waals surface area contributed by atoms with E-state index in [1.165, 1.54) is 13.8 Å². The molecular formula is C10H18N2O3. The number of carboxylic acid groups (broad SMARTS) is 1. The van der Waals surface area contributed by atoms with E-state index in [0.717, 1.165) is 6.42 Å². The number of carbonyl (C=O) groups excluding carboxylic acids is 1. The number of nitrogens with one attached hydrogen (secondary N) is 2. The van der Waals surface area contributed by atoms with Crippen molar-refractivity contribution in [3.05, 3.63) is 0 Å². The number of amides is 2. The van der Waals surface area contributed by atoms with E-state index in [1.54, 1.807) is 0 Å². The summed E-state index contributed by atoms with van der Waals surface area (Å²) in [6.07, 6.45) is 0.938. The molecule has 2 amide bonds. The number of aliphatic carboxylic acids is 1. The molecule has 0 saturated heterocycles. The van der Waals surface area contributed by atoms with Crippen molar-refractivity contribution < 1.29 is 14.7 Å². The summed E-state index contributed by atoms with van der Waals surface area (Å²) in [4.78, 5) is 22.2. The number of hydrogen-bond donors (Lipinski definition) is 3. The Bertz CT molecular complexity index is 297. The predicted molar refractivity (Wildman–Crippen MR) is 55.6 cm³/mol. The molecule has 0 aromatic carbocycles. The second-order valence-corrected chi connectivity index (χ2v) is 5.27. The molecule has 1 unspecified atom stereocenters. The molecule has 1 rings (SSSR count). The lowest BCUT2D eigenvalue weighted by Crippen LogP contribution is -2.53. The molecule has 5 nitrogen and oxygen atoms in total. The van der Waals surface area contributed by atoms with E-state index in [0.29, 0.717) is 0 Å². The first kappa shape index (κ1) is 11.8. The van der Waals surface area contributed by atoms with Gasteiger partial charge in [0, 0.05) is 6.04 Å². The Labute approximate surface area is 89.2 Å². The largest absolute Gasteiger partial charge is 0.480 e. The summed E-state index contributed by atoms with van der Waals surface area (Å²) in [6, 6.07) is -0.264. The highest BCUT2D eigenvalue weighted by molar-refractivity contribution is 5.85. The molecule has 1 atom stereocenters. The van der Waals surface area contributed by atoms with Gasteiger partial charge in [-0.2, -0.15) is 0 Å². The van der Waals surface area contributed by atoms with E-state index in [-0.39, 0.29) is 11.5 Å². The van der Waals surface area contributed by atoms with Gasteiger partial charge >= 0.3 is 12.0 Å². The van der Waals surface area contributed by atoms with Crippen LogP contribution < -0.4 is 10.6 Å². The maximum absolute atomic E-state index is 11.4. The maximum atomic E-state index is 11.4. The quantitative estimate of drug-likeness (QED) is 0.654. The number of urea groups is 1. The highest BCUT2D eigenvalue weighted by atomic mass is 16.4. The Morgan fingerprint density at radius 3 is 2.20 bits per heavy atom. The summed E-state index contributed by atoms with van der Waals surface area (Å²) in [6.45, 7) is 7.01. The summed E-state index contributed by atoms with van der Waals surface area (Å²) >= 11 is 0. The van der Waals surface area contributed by atoms with E-state index in [4.69, 9.17) is 5.11 Å². The second-order valence-electron chi connectivity index (χ2n) is 5.27. The Hall–Kier alpha value is -1.26. The van der Waals surface area contributed by atoms with Crippen molar-refractivity contribution in [1.82, 2.24) is 10.6 Å². The van der Waals surface area contributed by atoms with Crippen LogP contribution in [0, 0.1) is 5.41 Å². The minimum Gasteiger partial charge on any atom is -0.480 e. The Balaban J connectivity index is 2.40. The van der Waals surface area contributed by atoms with Crippen LogP contribution in [0.3, 0.4) is 0 Å². The SMILES string of the molecule is CC(C)(NC(=O)NC1CC1(C)C)C(=O)O. The third kappa shape index (κ3) is 2.84. The zero-order valence-corrected chi connectivity index (χ0v) is 9.55. The number of hydrogen-bond acceptors (Lipinski definition) is 2. The fraction of sp³-hybridized carbons (Fsp3) is 0.800. The van der Waals surface area contributed by atoms with Gasteiger partial charge < -0.3 is 15.7 Å². The average molecular weight is 214 g/mol. The first-order chi connectivity index (χ1) is 6.65. The zero-order chi connectivity index (χ0) is 11.9. The smallest absolute Gasteiger partial charge is 0.328 e. The van der Waals surface area contributed by atoms with Crippen molar-refractivity contribution in [3.8, 4) is 0 Å². The summed E-state index contributed by atoms with van der Waals surface area (Å²) in [5.41, 5.74) is -1.09. The molecule has 1 aliphatic rings. The van der Waals surface area contributed by atoms with Gasteiger partial charge in [0.15, 0.2) is 0 Å². The van der Waals surface area contributed by atoms with Gasteiger partial charge in [-0.25, -0.2) is 9.59 Å². The van der Waals surface area contributed by atoms with Gasteiger partial charge in [0.2, 0.25) is 0 Å². The molecule has 15 heavy (non-hydrogen) atoms. The van der Waals surface area contributed by atoms with Crippen molar-refractivity contribution in [3.63, 3.8) is 0 Å². The van der Waals surface area contributed by atoms with E-state index in [2.05, 4.69) is 24.5 Å². The number of carboxylic acids is 1. The molecule has 3 N–H and O–H groups in total. The first-order valence-corrected chi connectivity index (χ1v) is 4.97. The van der Waals surface area contributed by atoms with Gasteiger partial charge in [0.1, 0.15) is 5.54 Å². The fourth-order valence-corrected chi connectivity index (χ4v) is 1.25. The maximum Gasteiger partial charge on any atom is 0.328 e. The second kappa shape index (κ2) is 3.40. The number of carbonyl (C=O) groups is 2. The number of rotatable bonds is 3. The summed E-state index contributed by atoms with van der Waals surface area (Å²) in [5, 5.41) is 14.0. The molecule has 0 spiro atoms. The molecule has 0 heterocycles. The van der Waals surface area contributed by atoms with Crippen molar-refractivity contribution in [1.29, 1.82) is 0 Å². The van der Waals surface area contributed by atoms with Gasteiger partial charge in [-0.05, 0) is 25.7 Å². The third-order valence-electron chi connectivity index (χ3n) is 2.78. The van der Waals surface area contributed by atoms with E-state index >= 15 is 0 Å². The zero-order valence-electron chi connectivity index (χ0n) is 9.55. The molecular weight excluding hydrogens is 196 g/mol. The van der Waals surface area contributed by atoms with Crippen LogP contribution in [0.25, 0.3) is 0 Å². The fourth-order valence-electron chi connectivity index (χ4n) is 1.25. The van der Waals surface area contributed by atoms with Crippen molar-refractivity contribution in [2.45, 2.75) is 45.7 Å². The molecule has 1 fully saturated rings. The molecule has 5 heteroatoms. The van der Waals surface area contributed by atoms with Gasteiger partial charge in [-0.1, -0.05) is 13.8 Å². The van der Waals surface area contributed by atoms with Crippen LogP contribution in [-0.2, 0) is 4.79 Å². The topological polar surface area (TPSA) is 78.4 Å². The highest BCUT2D eigenvalue weighted by Gasteiger charge is 2.47. The Kier molecular flexibility index (Phi) is 2.67. The standard InChI is InChI=1S/C10H18N2O3/c1-9(2)5-6(9)11-8(15)12-10(3,4)7(13)14/h6H,5H2,1-4H3,(H,13,14)(H2,11,12,15). The minimum atomic E-state index is -1.23. The lowest BCUT2D eigenvalue weighted by atomic mass is 10.1. The highest BCUT2D eigenvalue weighted by Crippen LogP contribution is 2.44. The predicted octanol–water partition coefficient (Wildman–Crippen LogP) is 0.947. The minimum absolute atomic E-state index is 0.144. The van der Waals surface area contributed by atoms with E-state index in [1.807, 2.05) is 0 Å². The molecule has 0 bridgehead atoms. The first-order valence-electron chi connectivity index (χ1n) is 4.97. The monoisotopic (exact) mass is 214 g/mol. The normalized spacial score (nSPS) is 23.1. The lowest BCUT2D eigenvalue weighted by Gasteiger charge is -2.21. The van der Waals surface area contributed by atoms with Crippen molar-refractivity contribution in [2.24, 2.45) is 5.41 Å². The average Bonchev–Trinajstić information content (AvgIpc) is 2.55. The van der Waals surface area contributed by atoms with Crippen LogP contribution in [0.4, 0.5) is 4.79 Å². The summed E-state index contributed by atoms with van der Waals surface area (Å²) in [7, 11) is 0. The van der Waals surface area contributed by atoms with Gasteiger partial charge in [0.05, 0.1) is 0 Å². The van der Waals surface area contributed by atoms with Crippen molar-refractivity contribution >= 4 is 12.0 Å². The third-order valence-corrected chi connectivity index (χ3v) is 2.78. The molecule has 0 aromatic rings. The van der Waals surface area contributed by atoms with Crippen LogP contribution >= 0.6 is 0 Å². The van der Waals surface area contributed by atoms with E-state index < -0.39 is 17.5 Å². The van der Waals surface area contributed by atoms with Crippen LogP contribution in [-0.4, -0.2) is 28.7 Å². The van der Waals surface area contributed by atoms with Crippen LogP contribution in [0.1, 0.15) is 34.1 Å². The Morgan fingerprint density at radius 2 is 1.87 bits per heavy atom. The lowest BCUT2D eigenvalue weighted by molar-refractivity contribution is -0.142. The van der Waals surface area contributed by atoms with Crippen LogP contribution in [0.15, 0.2) is 0 Å². The van der Waals surface area contributed by atoms with Gasteiger partial charge in [-0.15, -0.1) is 0 Å². The summed E-state index contributed by atoms with van der Waals surface area (Å²) < 4.78 is 0. The Morgan fingerprint density at radius 1 is 1.40 bits per heavy atom. The molecule has 86 valence electrons. The van der Waals surface area contributed by atoms with Gasteiger partial charge in [0.25, 0.3) is 0 Å².